The maximum absolute atomic E-state index is 12.5. The average Bonchev–Trinajstić information content (AvgIpc) is 2.78. The van der Waals surface area contributed by atoms with Crippen LogP contribution in [0.3, 0.4) is 0 Å². The molecule has 1 aliphatic rings. The van der Waals surface area contributed by atoms with Crippen molar-refractivity contribution < 1.29 is 29.0 Å². The van der Waals surface area contributed by atoms with Gasteiger partial charge in [0, 0.05) is 18.5 Å². The summed E-state index contributed by atoms with van der Waals surface area (Å²) in [6.45, 7) is 6.26. The van der Waals surface area contributed by atoms with Crippen molar-refractivity contribution in [3.63, 3.8) is 0 Å². The van der Waals surface area contributed by atoms with E-state index in [1.807, 2.05) is 24.3 Å². The first-order valence-electron chi connectivity index (χ1n) is 8.86. The lowest BCUT2D eigenvalue weighted by atomic mass is 10.1. The van der Waals surface area contributed by atoms with Crippen molar-refractivity contribution in [3.05, 3.63) is 29.8 Å². The van der Waals surface area contributed by atoms with Gasteiger partial charge in [-0.25, -0.2) is 9.59 Å². The number of carbonyl (C=O) groups excluding carboxylic acids is 2. The molecule has 0 radical (unpaired) electrons. The van der Waals surface area contributed by atoms with Crippen LogP contribution in [0.15, 0.2) is 24.3 Å². The highest BCUT2D eigenvalue weighted by molar-refractivity contribution is 5.82. The number of fused-ring (bicyclic) bond motifs is 1. The molecule has 27 heavy (non-hydrogen) atoms. The molecule has 0 aromatic heterocycles. The third-order valence-corrected chi connectivity index (χ3v) is 3.94. The predicted molar refractivity (Wildman–Crippen MR) is 97.4 cm³/mol. The fourth-order valence-corrected chi connectivity index (χ4v) is 2.67. The maximum atomic E-state index is 12.5. The molecule has 1 unspecified atom stereocenters. The van der Waals surface area contributed by atoms with Gasteiger partial charge in [0.25, 0.3) is 0 Å². The monoisotopic (exact) mass is 378 g/mol. The molecule has 0 spiro atoms. The SMILES string of the molecule is CC(C)(C)OC(=O)NC(CCC(=O)N1CCOc2ccccc2C1)C(=O)O. The molecule has 1 aliphatic heterocycles. The number of para-hydroxylation sites is 1. The quantitative estimate of drug-likeness (QED) is 0.813. The zero-order valence-electron chi connectivity index (χ0n) is 15.9. The molecular weight excluding hydrogens is 352 g/mol. The number of rotatable bonds is 5. The van der Waals surface area contributed by atoms with Gasteiger partial charge in [-0.05, 0) is 33.3 Å². The Kier molecular flexibility index (Phi) is 6.65. The molecule has 2 N–H and O–H groups in total. The molecule has 0 saturated carbocycles. The molecule has 8 nitrogen and oxygen atoms in total. The average molecular weight is 378 g/mol. The summed E-state index contributed by atoms with van der Waals surface area (Å²) in [6, 6.07) is 6.30. The number of aliphatic carboxylic acids is 1. The highest BCUT2D eigenvalue weighted by Gasteiger charge is 2.26. The van der Waals surface area contributed by atoms with Gasteiger partial charge in [0.05, 0.1) is 6.54 Å². The van der Waals surface area contributed by atoms with Gasteiger partial charge >= 0.3 is 12.1 Å². The highest BCUT2D eigenvalue weighted by Crippen LogP contribution is 2.23. The summed E-state index contributed by atoms with van der Waals surface area (Å²) in [6.07, 6.45) is -0.846. The normalized spacial score (nSPS) is 15.0. The lowest BCUT2D eigenvalue weighted by Gasteiger charge is -2.23. The first-order valence-corrected chi connectivity index (χ1v) is 8.86. The standard InChI is InChI=1S/C19H26N2O6/c1-19(2,3)27-18(25)20-14(17(23)24)8-9-16(22)21-10-11-26-15-7-5-4-6-13(15)12-21/h4-7,14H,8-12H2,1-3H3,(H,20,25)(H,23,24). The van der Waals surface area contributed by atoms with Crippen molar-refractivity contribution in [2.75, 3.05) is 13.2 Å². The van der Waals surface area contributed by atoms with Gasteiger partial charge in [-0.1, -0.05) is 18.2 Å². The van der Waals surface area contributed by atoms with E-state index in [2.05, 4.69) is 5.32 Å². The number of carbonyl (C=O) groups is 3. The molecule has 2 amide bonds. The molecule has 1 heterocycles. The second kappa shape index (κ2) is 8.75. The summed E-state index contributed by atoms with van der Waals surface area (Å²) in [7, 11) is 0. The molecule has 1 atom stereocenters. The Bertz CT molecular complexity index is 698. The zero-order valence-corrected chi connectivity index (χ0v) is 15.9. The molecule has 8 heteroatoms. The number of benzene rings is 1. The molecular formula is C19H26N2O6. The topological polar surface area (TPSA) is 105 Å². The van der Waals surface area contributed by atoms with Crippen LogP contribution >= 0.6 is 0 Å². The first kappa shape index (κ1) is 20.5. The summed E-state index contributed by atoms with van der Waals surface area (Å²) in [5, 5.41) is 11.6. The van der Waals surface area contributed by atoms with Gasteiger partial charge < -0.3 is 24.8 Å². The number of carboxylic acid groups (broad SMARTS) is 1. The van der Waals surface area contributed by atoms with Crippen LogP contribution in [-0.2, 0) is 20.9 Å². The molecule has 0 saturated heterocycles. The summed E-state index contributed by atoms with van der Waals surface area (Å²) in [5.74, 6) is -0.645. The van der Waals surface area contributed by atoms with E-state index in [9.17, 15) is 19.5 Å². The Labute approximate surface area is 158 Å². The van der Waals surface area contributed by atoms with E-state index in [-0.39, 0.29) is 18.7 Å². The Hall–Kier alpha value is -2.77. The Morgan fingerprint density at radius 3 is 2.67 bits per heavy atom. The maximum Gasteiger partial charge on any atom is 0.408 e. The molecule has 148 valence electrons. The van der Waals surface area contributed by atoms with Crippen molar-refractivity contribution >= 4 is 18.0 Å². The number of alkyl carbamates (subject to hydrolysis) is 1. The zero-order chi connectivity index (χ0) is 20.0. The second-order valence-corrected chi connectivity index (χ2v) is 7.35. The minimum absolute atomic E-state index is 0.00503. The minimum atomic E-state index is -1.21. The van der Waals surface area contributed by atoms with Crippen LogP contribution in [0, 0.1) is 0 Å². The van der Waals surface area contributed by atoms with Gasteiger partial charge in [-0.15, -0.1) is 0 Å². The Balaban J connectivity index is 1.92. The number of amides is 2. The minimum Gasteiger partial charge on any atom is -0.491 e. The van der Waals surface area contributed by atoms with E-state index in [0.717, 1.165) is 11.3 Å². The smallest absolute Gasteiger partial charge is 0.408 e. The fraction of sp³-hybridized carbons (Fsp3) is 0.526. The third-order valence-electron chi connectivity index (χ3n) is 3.94. The largest absolute Gasteiger partial charge is 0.491 e. The number of carboxylic acids is 1. The fourth-order valence-electron chi connectivity index (χ4n) is 2.67. The number of nitrogens with one attached hydrogen (secondary N) is 1. The second-order valence-electron chi connectivity index (χ2n) is 7.35. The van der Waals surface area contributed by atoms with Gasteiger partial charge in [0.1, 0.15) is 24.0 Å². The number of hydrogen-bond acceptors (Lipinski definition) is 5. The van der Waals surface area contributed by atoms with Crippen molar-refractivity contribution in [1.29, 1.82) is 0 Å². The van der Waals surface area contributed by atoms with Crippen molar-refractivity contribution in [1.82, 2.24) is 10.2 Å². The van der Waals surface area contributed by atoms with Gasteiger partial charge in [-0.3, -0.25) is 4.79 Å². The van der Waals surface area contributed by atoms with Crippen molar-refractivity contribution in [3.8, 4) is 5.75 Å². The summed E-state index contributed by atoms with van der Waals surface area (Å²) in [4.78, 5) is 37.4. The van der Waals surface area contributed by atoms with Gasteiger partial charge in [0.15, 0.2) is 0 Å². The summed E-state index contributed by atoms with van der Waals surface area (Å²) < 4.78 is 10.7. The van der Waals surface area contributed by atoms with E-state index in [4.69, 9.17) is 9.47 Å². The molecule has 0 bridgehead atoms. The van der Waals surface area contributed by atoms with Crippen LogP contribution in [0.4, 0.5) is 4.79 Å². The van der Waals surface area contributed by atoms with Gasteiger partial charge in [-0.2, -0.15) is 0 Å². The number of nitrogens with zero attached hydrogens (tertiary/aromatic N) is 1. The van der Waals surface area contributed by atoms with E-state index in [0.29, 0.717) is 19.7 Å². The van der Waals surface area contributed by atoms with E-state index in [1.165, 1.54) is 0 Å². The van der Waals surface area contributed by atoms with Crippen molar-refractivity contribution in [2.45, 2.75) is 51.8 Å². The lowest BCUT2D eigenvalue weighted by Crippen LogP contribution is -2.44. The van der Waals surface area contributed by atoms with Crippen LogP contribution < -0.4 is 10.1 Å². The van der Waals surface area contributed by atoms with Crippen LogP contribution in [0.5, 0.6) is 5.75 Å². The number of hydrogen-bond donors (Lipinski definition) is 2. The molecule has 2 rings (SSSR count). The van der Waals surface area contributed by atoms with E-state index < -0.39 is 23.7 Å². The molecule has 1 aromatic carbocycles. The number of ether oxygens (including phenoxy) is 2. The van der Waals surface area contributed by atoms with Crippen LogP contribution in [0.1, 0.15) is 39.2 Å². The van der Waals surface area contributed by atoms with Crippen LogP contribution in [0.25, 0.3) is 0 Å². The summed E-state index contributed by atoms with van der Waals surface area (Å²) >= 11 is 0. The van der Waals surface area contributed by atoms with Crippen LogP contribution in [-0.4, -0.2) is 52.8 Å². The van der Waals surface area contributed by atoms with Crippen molar-refractivity contribution in [2.24, 2.45) is 0 Å². The Morgan fingerprint density at radius 2 is 2.00 bits per heavy atom. The van der Waals surface area contributed by atoms with Gasteiger partial charge in [0.2, 0.25) is 5.91 Å². The van der Waals surface area contributed by atoms with Crippen LogP contribution in [0.2, 0.25) is 0 Å². The first-order chi connectivity index (χ1) is 12.7. The Morgan fingerprint density at radius 1 is 1.30 bits per heavy atom. The lowest BCUT2D eigenvalue weighted by molar-refractivity contribution is -0.140. The summed E-state index contributed by atoms with van der Waals surface area (Å²) in [5.41, 5.74) is 0.174. The predicted octanol–water partition coefficient (Wildman–Crippen LogP) is 2.17. The molecule has 0 aliphatic carbocycles. The van der Waals surface area contributed by atoms with E-state index >= 15 is 0 Å². The third kappa shape index (κ3) is 6.47. The molecule has 1 aromatic rings. The highest BCUT2D eigenvalue weighted by atomic mass is 16.6. The van der Waals surface area contributed by atoms with E-state index in [1.54, 1.807) is 25.7 Å². The molecule has 0 fully saturated rings.